The molecule has 0 radical (unpaired) electrons. The smallest absolute Gasteiger partial charge is 0.171 e. The van der Waals surface area contributed by atoms with Gasteiger partial charge in [-0.05, 0) is 43.4 Å². The highest BCUT2D eigenvalue weighted by atomic mass is 16.5. The molecule has 4 aromatic heterocycles. The SMILES string of the molecule is Cc1c(-c2[nH]nc(-c3cnc4c(c3)OCC3CN([C@@H]5CCOC5)CCN43)c2C(C)C)cn2ncnc2c1C. The zero-order chi connectivity index (χ0) is 26.0. The van der Waals surface area contributed by atoms with Gasteiger partial charge in [0.25, 0.3) is 0 Å². The van der Waals surface area contributed by atoms with Gasteiger partial charge in [0.2, 0.25) is 0 Å². The number of anilines is 1. The molecule has 2 atom stereocenters. The Kier molecular flexibility index (Phi) is 5.63. The molecule has 0 saturated carbocycles. The lowest BCUT2D eigenvalue weighted by molar-refractivity contribution is 0.108. The van der Waals surface area contributed by atoms with Crippen LogP contribution in [0.25, 0.3) is 28.2 Å². The summed E-state index contributed by atoms with van der Waals surface area (Å²) in [5.74, 6) is 2.03. The summed E-state index contributed by atoms with van der Waals surface area (Å²) in [6.45, 7) is 14.0. The van der Waals surface area contributed by atoms with E-state index in [1.54, 1.807) is 6.33 Å². The Balaban J connectivity index is 1.22. The summed E-state index contributed by atoms with van der Waals surface area (Å²) >= 11 is 0. The van der Waals surface area contributed by atoms with Crippen molar-refractivity contribution >= 4 is 11.5 Å². The Bertz CT molecular complexity index is 1500. The van der Waals surface area contributed by atoms with Crippen LogP contribution in [-0.2, 0) is 4.74 Å². The van der Waals surface area contributed by atoms with Gasteiger partial charge >= 0.3 is 0 Å². The van der Waals surface area contributed by atoms with E-state index in [0.29, 0.717) is 18.7 Å². The first-order chi connectivity index (χ1) is 18.5. The van der Waals surface area contributed by atoms with E-state index in [-0.39, 0.29) is 5.92 Å². The zero-order valence-corrected chi connectivity index (χ0v) is 22.4. The fraction of sp³-hybridized carbons (Fsp3) is 0.500. The number of pyridine rings is 2. The standard InChI is InChI=1S/C28H34N8O2/c1-16(2)24-25(32-33-26(24)22-12-36-27(30-15-31-36)18(4)17(22)3)19-9-23-28(29-10-19)35-7-6-34(11-21(35)14-38-23)20-5-8-37-13-20/h9-10,12,15-16,20-21H,5-8,11,13-14H2,1-4H3,(H,32,33)/t20-,21?/m1/s1. The van der Waals surface area contributed by atoms with E-state index in [1.165, 1.54) is 5.56 Å². The van der Waals surface area contributed by atoms with Gasteiger partial charge in [-0.1, -0.05) is 13.8 Å². The minimum atomic E-state index is 0.249. The van der Waals surface area contributed by atoms with Crippen LogP contribution < -0.4 is 9.64 Å². The van der Waals surface area contributed by atoms with Crippen molar-refractivity contribution in [1.29, 1.82) is 0 Å². The molecule has 0 amide bonds. The number of H-pyrrole nitrogens is 1. The highest BCUT2D eigenvalue weighted by Gasteiger charge is 2.37. The maximum absolute atomic E-state index is 6.31. The molecule has 0 aliphatic carbocycles. The molecule has 7 heterocycles. The van der Waals surface area contributed by atoms with Crippen molar-refractivity contribution in [2.24, 2.45) is 0 Å². The van der Waals surface area contributed by atoms with Crippen LogP contribution in [0.5, 0.6) is 5.75 Å². The first-order valence-corrected chi connectivity index (χ1v) is 13.6. The number of rotatable bonds is 4. The number of aryl methyl sites for hydroxylation is 1. The van der Waals surface area contributed by atoms with Gasteiger partial charge in [-0.25, -0.2) is 14.5 Å². The van der Waals surface area contributed by atoms with Gasteiger partial charge in [0, 0.05) is 61.4 Å². The van der Waals surface area contributed by atoms with Crippen molar-refractivity contribution in [2.75, 3.05) is 44.4 Å². The van der Waals surface area contributed by atoms with Crippen molar-refractivity contribution in [3.05, 3.63) is 41.5 Å². The monoisotopic (exact) mass is 514 g/mol. The summed E-state index contributed by atoms with van der Waals surface area (Å²) in [6.07, 6.45) is 6.72. The van der Waals surface area contributed by atoms with Crippen LogP contribution >= 0.6 is 0 Å². The number of nitrogens with zero attached hydrogens (tertiary/aromatic N) is 7. The third kappa shape index (κ3) is 3.69. The average Bonchev–Trinajstić information content (AvgIpc) is 3.70. The predicted molar refractivity (Wildman–Crippen MR) is 145 cm³/mol. The molecule has 0 bridgehead atoms. The average molecular weight is 515 g/mol. The number of aromatic nitrogens is 6. The molecule has 0 aromatic carbocycles. The molecule has 0 spiro atoms. The maximum atomic E-state index is 6.31. The fourth-order valence-electron chi connectivity index (χ4n) is 6.31. The van der Waals surface area contributed by atoms with Gasteiger partial charge in [-0.2, -0.15) is 10.2 Å². The number of hydrogen-bond donors (Lipinski definition) is 1. The highest BCUT2D eigenvalue weighted by Crippen LogP contribution is 2.41. The van der Waals surface area contributed by atoms with E-state index >= 15 is 0 Å². The Morgan fingerprint density at radius 3 is 2.79 bits per heavy atom. The summed E-state index contributed by atoms with van der Waals surface area (Å²) in [7, 11) is 0. The minimum absolute atomic E-state index is 0.249. The quantitative estimate of drug-likeness (QED) is 0.441. The molecule has 1 unspecified atom stereocenters. The van der Waals surface area contributed by atoms with Crippen molar-refractivity contribution in [2.45, 2.75) is 52.1 Å². The van der Waals surface area contributed by atoms with Crippen LogP contribution in [-0.4, -0.2) is 86.2 Å². The number of aromatic amines is 1. The van der Waals surface area contributed by atoms with E-state index in [0.717, 1.165) is 90.1 Å². The van der Waals surface area contributed by atoms with Gasteiger partial charge in [0.05, 0.1) is 24.0 Å². The third-order valence-electron chi connectivity index (χ3n) is 8.52. The molecule has 198 valence electrons. The molecule has 7 rings (SSSR count). The van der Waals surface area contributed by atoms with Crippen LogP contribution in [0.1, 0.15) is 42.9 Å². The van der Waals surface area contributed by atoms with E-state index in [9.17, 15) is 0 Å². The molecule has 2 saturated heterocycles. The molecule has 2 fully saturated rings. The second-order valence-corrected chi connectivity index (χ2v) is 11.1. The molecule has 3 aliphatic rings. The zero-order valence-electron chi connectivity index (χ0n) is 22.4. The van der Waals surface area contributed by atoms with Gasteiger partial charge in [-0.15, -0.1) is 0 Å². The van der Waals surface area contributed by atoms with E-state index in [2.05, 4.69) is 58.7 Å². The van der Waals surface area contributed by atoms with E-state index in [1.807, 2.05) is 16.9 Å². The Morgan fingerprint density at radius 2 is 1.97 bits per heavy atom. The number of fused-ring (bicyclic) bond motifs is 4. The van der Waals surface area contributed by atoms with Crippen molar-refractivity contribution in [3.8, 4) is 28.3 Å². The fourth-order valence-corrected chi connectivity index (χ4v) is 6.31. The minimum Gasteiger partial charge on any atom is -0.487 e. The van der Waals surface area contributed by atoms with Crippen molar-refractivity contribution < 1.29 is 9.47 Å². The molecule has 1 N–H and O–H groups in total. The second kappa shape index (κ2) is 9.06. The number of hydrogen-bond acceptors (Lipinski definition) is 8. The van der Waals surface area contributed by atoms with Crippen LogP contribution in [0, 0.1) is 13.8 Å². The highest BCUT2D eigenvalue weighted by molar-refractivity contribution is 5.79. The second-order valence-electron chi connectivity index (χ2n) is 11.1. The van der Waals surface area contributed by atoms with Crippen LogP contribution in [0.3, 0.4) is 0 Å². The summed E-state index contributed by atoms with van der Waals surface area (Å²) in [5, 5.41) is 12.5. The van der Waals surface area contributed by atoms with Crippen LogP contribution in [0.15, 0.2) is 24.8 Å². The normalized spacial score (nSPS) is 21.7. The largest absolute Gasteiger partial charge is 0.487 e. The van der Waals surface area contributed by atoms with E-state index < -0.39 is 0 Å². The van der Waals surface area contributed by atoms with Crippen molar-refractivity contribution in [1.82, 2.24) is 34.7 Å². The molecular weight excluding hydrogens is 480 g/mol. The Labute approximate surface area is 222 Å². The number of ether oxygens (including phenoxy) is 2. The number of piperazine rings is 1. The summed E-state index contributed by atoms with van der Waals surface area (Å²) in [5.41, 5.74) is 8.30. The third-order valence-corrected chi connectivity index (χ3v) is 8.52. The molecule has 10 heteroatoms. The summed E-state index contributed by atoms with van der Waals surface area (Å²) in [4.78, 5) is 14.3. The predicted octanol–water partition coefficient (Wildman–Crippen LogP) is 3.59. The van der Waals surface area contributed by atoms with Crippen molar-refractivity contribution in [3.63, 3.8) is 0 Å². The van der Waals surface area contributed by atoms with Crippen LogP contribution in [0.2, 0.25) is 0 Å². The van der Waals surface area contributed by atoms with Gasteiger partial charge < -0.3 is 14.4 Å². The first kappa shape index (κ1) is 23.6. The van der Waals surface area contributed by atoms with Gasteiger partial charge in [-0.3, -0.25) is 10.00 Å². The Hall–Kier alpha value is -3.50. The lowest BCUT2D eigenvalue weighted by Crippen LogP contribution is -2.59. The topological polar surface area (TPSA) is 96.7 Å². The lowest BCUT2D eigenvalue weighted by atomic mass is 9.92. The number of nitrogens with one attached hydrogen (secondary N) is 1. The maximum Gasteiger partial charge on any atom is 0.171 e. The first-order valence-electron chi connectivity index (χ1n) is 13.6. The molecule has 4 aromatic rings. The summed E-state index contributed by atoms with van der Waals surface area (Å²) in [6, 6.07) is 2.96. The molecule has 3 aliphatic heterocycles. The molecule has 10 nitrogen and oxygen atoms in total. The van der Waals surface area contributed by atoms with Gasteiger partial charge in [0.1, 0.15) is 12.9 Å². The lowest BCUT2D eigenvalue weighted by Gasteiger charge is -2.46. The summed E-state index contributed by atoms with van der Waals surface area (Å²) < 4.78 is 13.8. The Morgan fingerprint density at radius 1 is 1.08 bits per heavy atom. The molecular formula is C28H34N8O2. The van der Waals surface area contributed by atoms with Crippen LogP contribution in [0.4, 0.5) is 5.82 Å². The molecule has 38 heavy (non-hydrogen) atoms. The van der Waals surface area contributed by atoms with Gasteiger partial charge in [0.15, 0.2) is 17.2 Å². The van der Waals surface area contributed by atoms with E-state index in [4.69, 9.17) is 19.6 Å².